The second-order valence-corrected chi connectivity index (χ2v) is 6.13. The number of amides is 1. The number of rotatable bonds is 4. The molecule has 5 nitrogen and oxygen atoms in total. The van der Waals surface area contributed by atoms with Crippen LogP contribution < -0.4 is 11.3 Å². The Labute approximate surface area is 135 Å². The molecule has 0 saturated heterocycles. The molecule has 1 heterocycles. The van der Waals surface area contributed by atoms with E-state index in [9.17, 15) is 9.59 Å². The van der Waals surface area contributed by atoms with Crippen LogP contribution >= 0.6 is 12.4 Å². The van der Waals surface area contributed by atoms with Crippen molar-refractivity contribution in [2.24, 2.45) is 11.1 Å². The highest BCUT2D eigenvalue weighted by molar-refractivity contribution is 5.97. The molecular weight excluding hydrogens is 302 g/mol. The predicted octanol–water partition coefficient (Wildman–Crippen LogP) is 2.01. The Hall–Kier alpha value is -1.85. The van der Waals surface area contributed by atoms with Crippen LogP contribution in [0.1, 0.15) is 24.2 Å². The molecule has 6 heteroatoms. The topological polar surface area (TPSA) is 79.2 Å². The van der Waals surface area contributed by atoms with Crippen LogP contribution in [0.4, 0.5) is 0 Å². The van der Waals surface area contributed by atoms with E-state index in [1.165, 1.54) is 0 Å². The number of nitrogens with one attached hydrogen (secondary N) is 1. The highest BCUT2D eigenvalue weighted by Gasteiger charge is 2.23. The third-order valence-corrected chi connectivity index (χ3v) is 3.55. The third kappa shape index (κ3) is 3.87. The van der Waals surface area contributed by atoms with Gasteiger partial charge in [0.05, 0.1) is 0 Å². The Morgan fingerprint density at radius 1 is 1.32 bits per heavy atom. The number of hydrogen-bond acceptors (Lipinski definition) is 3. The van der Waals surface area contributed by atoms with Crippen molar-refractivity contribution in [1.29, 1.82) is 0 Å². The van der Waals surface area contributed by atoms with Crippen LogP contribution in [0.15, 0.2) is 35.1 Å². The molecule has 0 unspecified atom stereocenters. The van der Waals surface area contributed by atoms with E-state index in [-0.39, 0.29) is 34.9 Å². The summed E-state index contributed by atoms with van der Waals surface area (Å²) in [6.45, 7) is 4.94. The molecular formula is C16H22ClN3O2. The van der Waals surface area contributed by atoms with Crippen molar-refractivity contribution >= 4 is 29.2 Å². The summed E-state index contributed by atoms with van der Waals surface area (Å²) >= 11 is 0. The van der Waals surface area contributed by atoms with Crippen LogP contribution in [0.5, 0.6) is 0 Å². The molecule has 0 aliphatic heterocycles. The van der Waals surface area contributed by atoms with Gasteiger partial charge < -0.3 is 15.6 Å². The number of H-pyrrole nitrogens is 1. The van der Waals surface area contributed by atoms with Crippen LogP contribution in [0.2, 0.25) is 0 Å². The second-order valence-electron chi connectivity index (χ2n) is 6.13. The van der Waals surface area contributed by atoms with Gasteiger partial charge in [0.15, 0.2) is 0 Å². The molecule has 3 N–H and O–H groups in total. The predicted molar refractivity (Wildman–Crippen MR) is 91.6 cm³/mol. The summed E-state index contributed by atoms with van der Waals surface area (Å²) in [5.41, 5.74) is 6.02. The van der Waals surface area contributed by atoms with Gasteiger partial charge in [-0.1, -0.05) is 32.0 Å². The van der Waals surface area contributed by atoms with Crippen molar-refractivity contribution in [1.82, 2.24) is 9.88 Å². The lowest BCUT2D eigenvalue weighted by atomic mass is 9.93. The first-order valence-electron chi connectivity index (χ1n) is 6.92. The lowest BCUT2D eigenvalue weighted by Gasteiger charge is -2.28. The molecule has 120 valence electrons. The maximum absolute atomic E-state index is 12.5. The molecule has 1 aromatic heterocycles. The zero-order valence-electron chi connectivity index (χ0n) is 13.1. The molecule has 1 aromatic carbocycles. The summed E-state index contributed by atoms with van der Waals surface area (Å²) in [4.78, 5) is 28.8. The Morgan fingerprint density at radius 2 is 1.95 bits per heavy atom. The average molecular weight is 324 g/mol. The first kappa shape index (κ1) is 18.2. The van der Waals surface area contributed by atoms with E-state index < -0.39 is 0 Å². The lowest BCUT2D eigenvalue weighted by Crippen LogP contribution is -2.41. The number of carbonyl (C=O) groups excluding carboxylic acids is 1. The van der Waals surface area contributed by atoms with Crippen molar-refractivity contribution in [3.8, 4) is 0 Å². The van der Waals surface area contributed by atoms with Crippen molar-refractivity contribution in [3.63, 3.8) is 0 Å². The number of aromatic nitrogens is 1. The van der Waals surface area contributed by atoms with E-state index >= 15 is 0 Å². The van der Waals surface area contributed by atoms with E-state index in [4.69, 9.17) is 5.73 Å². The smallest absolute Gasteiger partial charge is 0.261 e. The molecule has 22 heavy (non-hydrogen) atoms. The zero-order valence-corrected chi connectivity index (χ0v) is 13.9. The van der Waals surface area contributed by atoms with Crippen molar-refractivity contribution in [2.45, 2.75) is 13.8 Å². The fourth-order valence-electron chi connectivity index (χ4n) is 2.29. The minimum absolute atomic E-state index is 0. The monoisotopic (exact) mass is 323 g/mol. The minimum atomic E-state index is -0.365. The Bertz CT molecular complexity index is 725. The van der Waals surface area contributed by atoms with Gasteiger partial charge >= 0.3 is 0 Å². The fraction of sp³-hybridized carbons (Fsp3) is 0.375. The van der Waals surface area contributed by atoms with Crippen LogP contribution in [0.3, 0.4) is 0 Å². The van der Waals surface area contributed by atoms with Crippen LogP contribution in [0, 0.1) is 5.41 Å². The minimum Gasteiger partial charge on any atom is -0.341 e. The number of hydrogen-bond donors (Lipinski definition) is 2. The number of halogens is 1. The van der Waals surface area contributed by atoms with Crippen LogP contribution in [0.25, 0.3) is 10.9 Å². The van der Waals surface area contributed by atoms with Gasteiger partial charge in [0.1, 0.15) is 5.56 Å². The van der Waals surface area contributed by atoms with Crippen molar-refractivity contribution in [2.75, 3.05) is 20.1 Å². The fourth-order valence-corrected chi connectivity index (χ4v) is 2.29. The molecule has 0 radical (unpaired) electrons. The van der Waals surface area contributed by atoms with Crippen molar-refractivity contribution < 1.29 is 4.79 Å². The third-order valence-electron chi connectivity index (χ3n) is 3.55. The van der Waals surface area contributed by atoms with Gasteiger partial charge in [-0.25, -0.2) is 0 Å². The Balaban J connectivity index is 0.00000242. The number of fused-ring (bicyclic) bond motifs is 1. The van der Waals surface area contributed by atoms with Gasteiger partial charge in [-0.05, 0) is 29.5 Å². The maximum Gasteiger partial charge on any atom is 0.261 e. The first-order valence-corrected chi connectivity index (χ1v) is 6.92. The van der Waals surface area contributed by atoms with Gasteiger partial charge in [0, 0.05) is 19.1 Å². The summed E-state index contributed by atoms with van der Waals surface area (Å²) in [5.74, 6) is -0.288. The van der Waals surface area contributed by atoms with Gasteiger partial charge in [-0.2, -0.15) is 0 Å². The summed E-state index contributed by atoms with van der Waals surface area (Å²) in [6, 6.07) is 9.03. The number of pyridine rings is 1. The summed E-state index contributed by atoms with van der Waals surface area (Å²) in [5, 5.41) is 0.840. The molecule has 0 fully saturated rings. The van der Waals surface area contributed by atoms with Crippen LogP contribution in [-0.4, -0.2) is 35.9 Å². The Kier molecular flexibility index (Phi) is 5.74. The molecule has 0 aliphatic carbocycles. The number of aromatic amines is 1. The normalized spacial score (nSPS) is 11.1. The zero-order chi connectivity index (χ0) is 15.6. The van der Waals surface area contributed by atoms with Crippen molar-refractivity contribution in [3.05, 3.63) is 46.2 Å². The van der Waals surface area contributed by atoms with E-state index in [1.54, 1.807) is 18.0 Å². The number of benzene rings is 1. The number of para-hydroxylation sites is 1. The SMILES string of the molecule is CN(CC(C)(C)CN)C(=O)c1cc2ccccc2[nH]c1=O.Cl. The van der Waals surface area contributed by atoms with Gasteiger partial charge in [0.2, 0.25) is 0 Å². The highest BCUT2D eigenvalue weighted by Crippen LogP contribution is 2.16. The average Bonchev–Trinajstić information content (AvgIpc) is 2.45. The lowest BCUT2D eigenvalue weighted by molar-refractivity contribution is 0.0739. The van der Waals surface area contributed by atoms with Gasteiger partial charge in [0.25, 0.3) is 11.5 Å². The van der Waals surface area contributed by atoms with Gasteiger partial charge in [-0.15, -0.1) is 12.4 Å². The number of nitrogens with two attached hydrogens (primary N) is 1. The standard InChI is InChI=1S/C16H21N3O2.ClH/c1-16(2,9-17)10-19(3)15(21)12-8-11-6-4-5-7-13(11)18-14(12)20;/h4-8H,9-10,17H2,1-3H3,(H,18,20);1H. The van der Waals surface area contributed by atoms with E-state index in [2.05, 4.69) is 4.98 Å². The maximum atomic E-state index is 12.5. The Morgan fingerprint density at radius 3 is 2.59 bits per heavy atom. The number of nitrogens with zero attached hydrogens (tertiary/aromatic N) is 1. The second kappa shape index (κ2) is 6.94. The largest absolute Gasteiger partial charge is 0.341 e. The molecule has 2 aromatic rings. The molecule has 0 atom stereocenters. The van der Waals surface area contributed by atoms with Crippen LogP contribution in [-0.2, 0) is 0 Å². The molecule has 0 aliphatic rings. The summed E-state index contributed by atoms with van der Waals surface area (Å²) in [7, 11) is 1.69. The summed E-state index contributed by atoms with van der Waals surface area (Å²) in [6.07, 6.45) is 0. The van der Waals surface area contributed by atoms with E-state index in [0.717, 1.165) is 10.9 Å². The number of carbonyl (C=O) groups is 1. The first-order chi connectivity index (χ1) is 9.84. The highest BCUT2D eigenvalue weighted by atomic mass is 35.5. The van der Waals surface area contributed by atoms with E-state index in [1.807, 2.05) is 38.1 Å². The van der Waals surface area contributed by atoms with E-state index in [0.29, 0.717) is 13.1 Å². The molecule has 0 spiro atoms. The molecule has 0 saturated carbocycles. The quantitative estimate of drug-likeness (QED) is 0.903. The summed E-state index contributed by atoms with van der Waals surface area (Å²) < 4.78 is 0. The molecule has 1 amide bonds. The molecule has 0 bridgehead atoms. The van der Waals surface area contributed by atoms with Gasteiger partial charge in [-0.3, -0.25) is 9.59 Å². The molecule has 2 rings (SSSR count).